The summed E-state index contributed by atoms with van der Waals surface area (Å²) < 4.78 is 5.44. The molecule has 4 rings (SSSR count). The molecule has 0 saturated carbocycles. The van der Waals surface area contributed by atoms with Crippen LogP contribution in [-0.4, -0.2) is 66.9 Å². The molecule has 7 nitrogen and oxygen atoms in total. The lowest BCUT2D eigenvalue weighted by Gasteiger charge is -2.37. The van der Waals surface area contributed by atoms with Crippen LogP contribution in [0.2, 0.25) is 0 Å². The fourth-order valence-corrected chi connectivity index (χ4v) is 3.71. The number of aromatic nitrogens is 1. The van der Waals surface area contributed by atoms with E-state index in [1.54, 1.807) is 19.4 Å². The highest BCUT2D eigenvalue weighted by Crippen LogP contribution is 2.35. The van der Waals surface area contributed by atoms with E-state index in [1.165, 1.54) is 11.9 Å². The van der Waals surface area contributed by atoms with Gasteiger partial charge in [-0.05, 0) is 18.2 Å². The maximum absolute atomic E-state index is 12.9. The molecule has 0 bridgehead atoms. The number of pyridine rings is 1. The number of anilines is 1. The molecule has 2 aromatic rings. The first-order valence-corrected chi connectivity index (χ1v) is 9.23. The second-order valence-corrected chi connectivity index (χ2v) is 6.76. The number of likely N-dealkylation sites (N-methyl/N-ethyl adjacent to an activating group) is 1. The topological polar surface area (TPSA) is 66.0 Å². The van der Waals surface area contributed by atoms with Crippen molar-refractivity contribution in [3.05, 3.63) is 59.9 Å². The number of para-hydroxylation sites is 1. The highest BCUT2D eigenvalue weighted by molar-refractivity contribution is 6.35. The predicted molar refractivity (Wildman–Crippen MR) is 106 cm³/mol. The molecule has 0 unspecified atom stereocenters. The summed E-state index contributed by atoms with van der Waals surface area (Å²) in [7, 11) is 3.09. The van der Waals surface area contributed by atoms with Gasteiger partial charge in [-0.3, -0.25) is 14.5 Å². The van der Waals surface area contributed by atoms with E-state index in [0.29, 0.717) is 35.7 Å². The first-order valence-electron chi connectivity index (χ1n) is 9.23. The van der Waals surface area contributed by atoms with E-state index in [4.69, 9.17) is 4.74 Å². The van der Waals surface area contributed by atoms with E-state index in [9.17, 15) is 9.59 Å². The smallest absolute Gasteiger partial charge is 0.277 e. The van der Waals surface area contributed by atoms with Crippen molar-refractivity contribution < 1.29 is 14.3 Å². The number of hydrogen-bond donors (Lipinski definition) is 0. The molecule has 0 radical (unpaired) electrons. The number of imide groups is 1. The van der Waals surface area contributed by atoms with E-state index < -0.39 is 0 Å². The Balaban J connectivity index is 1.67. The molecule has 144 valence electrons. The number of carbonyl (C=O) groups is 2. The zero-order chi connectivity index (χ0) is 19.7. The van der Waals surface area contributed by atoms with Gasteiger partial charge in [0.15, 0.2) is 0 Å². The first kappa shape index (κ1) is 18.0. The zero-order valence-corrected chi connectivity index (χ0v) is 16.0. The predicted octanol–water partition coefficient (Wildman–Crippen LogP) is 1.62. The summed E-state index contributed by atoms with van der Waals surface area (Å²) in [5.41, 5.74) is 1.52. The van der Waals surface area contributed by atoms with Gasteiger partial charge in [-0.25, -0.2) is 4.98 Å². The molecular formula is C21H22N4O3. The Morgan fingerprint density at radius 2 is 1.57 bits per heavy atom. The third-order valence-electron chi connectivity index (χ3n) is 5.21. The molecule has 1 fully saturated rings. The number of ether oxygens (including phenoxy) is 1. The van der Waals surface area contributed by atoms with Crippen molar-refractivity contribution in [1.82, 2.24) is 14.8 Å². The summed E-state index contributed by atoms with van der Waals surface area (Å²) in [6.07, 6.45) is 1.78. The number of benzene rings is 1. The van der Waals surface area contributed by atoms with Crippen molar-refractivity contribution >= 4 is 23.2 Å². The number of amides is 2. The van der Waals surface area contributed by atoms with Gasteiger partial charge >= 0.3 is 0 Å². The number of carbonyl (C=O) groups excluding carboxylic acids is 2. The minimum Gasteiger partial charge on any atom is -0.496 e. The first-order chi connectivity index (χ1) is 13.6. The molecule has 2 amide bonds. The van der Waals surface area contributed by atoms with E-state index >= 15 is 0 Å². The highest BCUT2D eigenvalue weighted by atomic mass is 16.5. The molecular weight excluding hydrogens is 356 g/mol. The van der Waals surface area contributed by atoms with Crippen molar-refractivity contribution in [3.8, 4) is 5.75 Å². The van der Waals surface area contributed by atoms with Crippen LogP contribution in [0.1, 0.15) is 5.56 Å². The van der Waals surface area contributed by atoms with Crippen LogP contribution < -0.4 is 9.64 Å². The normalized spacial score (nSPS) is 17.6. The third-order valence-corrected chi connectivity index (χ3v) is 5.21. The van der Waals surface area contributed by atoms with Gasteiger partial charge < -0.3 is 14.5 Å². The van der Waals surface area contributed by atoms with E-state index in [1.807, 2.05) is 41.3 Å². The monoisotopic (exact) mass is 378 g/mol. The molecule has 0 atom stereocenters. The number of nitrogens with zero attached hydrogens (tertiary/aromatic N) is 4. The molecule has 0 aliphatic carbocycles. The molecule has 1 aromatic carbocycles. The van der Waals surface area contributed by atoms with Gasteiger partial charge in [0.05, 0.1) is 12.7 Å². The van der Waals surface area contributed by atoms with Crippen molar-refractivity contribution in [3.63, 3.8) is 0 Å². The fraction of sp³-hybridized carbons (Fsp3) is 0.286. The van der Waals surface area contributed by atoms with Crippen molar-refractivity contribution in [2.75, 3.05) is 45.2 Å². The molecule has 1 saturated heterocycles. The third kappa shape index (κ3) is 2.98. The Hall–Kier alpha value is -3.35. The molecule has 2 aliphatic heterocycles. The minimum absolute atomic E-state index is 0.266. The van der Waals surface area contributed by atoms with Crippen molar-refractivity contribution in [1.29, 1.82) is 0 Å². The van der Waals surface area contributed by atoms with Crippen LogP contribution in [-0.2, 0) is 9.59 Å². The lowest BCUT2D eigenvalue weighted by atomic mass is 10.0. The second-order valence-electron chi connectivity index (χ2n) is 6.76. The molecule has 0 spiro atoms. The second kappa shape index (κ2) is 7.34. The maximum atomic E-state index is 12.9. The summed E-state index contributed by atoms with van der Waals surface area (Å²) in [5, 5.41) is 0. The Kier molecular flexibility index (Phi) is 4.73. The van der Waals surface area contributed by atoms with Gasteiger partial charge in [0, 0.05) is 45.0 Å². The molecule has 2 aliphatic rings. The highest BCUT2D eigenvalue weighted by Gasteiger charge is 2.41. The summed E-state index contributed by atoms with van der Waals surface area (Å²) in [4.78, 5) is 35.5. The van der Waals surface area contributed by atoms with E-state index in [-0.39, 0.29) is 11.8 Å². The maximum Gasteiger partial charge on any atom is 0.277 e. The fourth-order valence-electron chi connectivity index (χ4n) is 3.71. The van der Waals surface area contributed by atoms with Gasteiger partial charge in [-0.15, -0.1) is 0 Å². The van der Waals surface area contributed by atoms with Crippen LogP contribution in [0, 0.1) is 0 Å². The summed E-state index contributed by atoms with van der Waals surface area (Å²) >= 11 is 0. The average Bonchev–Trinajstić information content (AvgIpc) is 2.98. The van der Waals surface area contributed by atoms with Crippen LogP contribution >= 0.6 is 0 Å². The summed E-state index contributed by atoms with van der Waals surface area (Å²) in [5.74, 6) is 0.944. The Labute approximate surface area is 163 Å². The van der Waals surface area contributed by atoms with Crippen molar-refractivity contribution in [2.45, 2.75) is 0 Å². The number of methoxy groups -OCH3 is 1. The minimum atomic E-state index is -0.295. The number of rotatable bonds is 4. The number of hydrogen-bond acceptors (Lipinski definition) is 6. The largest absolute Gasteiger partial charge is 0.496 e. The summed E-state index contributed by atoms with van der Waals surface area (Å²) in [6, 6.07) is 13.1. The molecule has 3 heterocycles. The lowest BCUT2D eigenvalue weighted by Crippen LogP contribution is -2.47. The standard InChI is InChI=1S/C21H22N4O3/c1-23-20(26)18(15-7-3-4-8-16(15)28-2)19(21(23)27)25-13-11-24(12-14-25)17-9-5-6-10-22-17/h3-10H,11-14H2,1-2H3. The van der Waals surface area contributed by atoms with Gasteiger partial charge in [0.2, 0.25) is 0 Å². The molecule has 1 aromatic heterocycles. The van der Waals surface area contributed by atoms with Gasteiger partial charge in [-0.2, -0.15) is 0 Å². The van der Waals surface area contributed by atoms with Gasteiger partial charge in [-0.1, -0.05) is 24.3 Å². The van der Waals surface area contributed by atoms with Crippen LogP contribution in [0.15, 0.2) is 54.4 Å². The van der Waals surface area contributed by atoms with Gasteiger partial charge in [0.25, 0.3) is 11.8 Å². The molecule has 0 N–H and O–H groups in total. The SMILES string of the molecule is COc1ccccc1C1=C(N2CCN(c3ccccn3)CC2)C(=O)N(C)C1=O. The Morgan fingerprint density at radius 1 is 0.893 bits per heavy atom. The van der Waals surface area contributed by atoms with E-state index in [0.717, 1.165) is 18.9 Å². The van der Waals surface area contributed by atoms with Gasteiger partial charge in [0.1, 0.15) is 17.3 Å². The lowest BCUT2D eigenvalue weighted by molar-refractivity contribution is -0.135. The van der Waals surface area contributed by atoms with Crippen LogP contribution in [0.5, 0.6) is 5.75 Å². The van der Waals surface area contributed by atoms with E-state index in [2.05, 4.69) is 9.88 Å². The van der Waals surface area contributed by atoms with Crippen LogP contribution in [0.25, 0.3) is 5.57 Å². The van der Waals surface area contributed by atoms with Crippen LogP contribution in [0.4, 0.5) is 5.82 Å². The average molecular weight is 378 g/mol. The molecule has 7 heteroatoms. The summed E-state index contributed by atoms with van der Waals surface area (Å²) in [6.45, 7) is 2.73. The Bertz CT molecular complexity index is 934. The Morgan fingerprint density at radius 3 is 2.25 bits per heavy atom. The quantitative estimate of drug-likeness (QED) is 0.754. The zero-order valence-electron chi connectivity index (χ0n) is 16.0. The molecule has 28 heavy (non-hydrogen) atoms. The number of piperazine rings is 1. The van der Waals surface area contributed by atoms with Crippen LogP contribution in [0.3, 0.4) is 0 Å². The van der Waals surface area contributed by atoms with Crippen molar-refractivity contribution in [2.24, 2.45) is 0 Å².